The lowest BCUT2D eigenvalue weighted by molar-refractivity contribution is 0.615. The Morgan fingerprint density at radius 1 is 0.962 bits per heavy atom. The van der Waals surface area contributed by atoms with Crippen LogP contribution >= 0.6 is 22.9 Å². The van der Waals surface area contributed by atoms with Gasteiger partial charge < -0.3 is 4.42 Å². The Morgan fingerprint density at radius 2 is 1.85 bits per heavy atom. The van der Waals surface area contributed by atoms with Crippen LogP contribution in [0.25, 0.3) is 43.6 Å². The SMILES string of the molecule is Cc1cc2occc2cc1-c1cc2scc(-c3ccccc3Cl)c2nn1. The molecule has 0 fully saturated rings. The van der Waals surface area contributed by atoms with Crippen LogP contribution in [0.2, 0.25) is 5.02 Å². The third-order valence-corrected chi connectivity index (χ3v) is 5.81. The van der Waals surface area contributed by atoms with Gasteiger partial charge in [-0.1, -0.05) is 29.8 Å². The number of benzene rings is 2. The van der Waals surface area contributed by atoms with Crippen LogP contribution in [-0.4, -0.2) is 10.2 Å². The predicted molar refractivity (Wildman–Crippen MR) is 108 cm³/mol. The number of hydrogen-bond acceptors (Lipinski definition) is 4. The van der Waals surface area contributed by atoms with Gasteiger partial charge in [0.05, 0.1) is 16.7 Å². The molecule has 0 radical (unpaired) electrons. The van der Waals surface area contributed by atoms with E-state index in [1.165, 1.54) is 0 Å². The summed E-state index contributed by atoms with van der Waals surface area (Å²) in [5, 5.41) is 12.9. The van der Waals surface area contributed by atoms with Gasteiger partial charge in [0.1, 0.15) is 11.1 Å². The molecule has 126 valence electrons. The molecule has 0 aliphatic carbocycles. The molecule has 0 aliphatic rings. The lowest BCUT2D eigenvalue weighted by Gasteiger charge is -2.06. The zero-order chi connectivity index (χ0) is 17.7. The number of furan rings is 1. The first-order chi connectivity index (χ1) is 12.7. The average molecular weight is 377 g/mol. The standard InChI is InChI=1S/C21H13ClN2OS/c1-12-8-19-13(6-7-25-19)9-15(12)18-10-20-21(24-23-18)16(11-26-20)14-4-2-3-5-17(14)22/h2-11H,1H3. The summed E-state index contributed by atoms with van der Waals surface area (Å²) in [5.41, 5.74) is 6.83. The van der Waals surface area contributed by atoms with E-state index in [-0.39, 0.29) is 0 Å². The van der Waals surface area contributed by atoms with Gasteiger partial charge in [-0.25, -0.2) is 0 Å². The summed E-state index contributed by atoms with van der Waals surface area (Å²) in [4.78, 5) is 0. The topological polar surface area (TPSA) is 38.9 Å². The fourth-order valence-corrected chi connectivity index (χ4v) is 4.38. The van der Waals surface area contributed by atoms with Crippen molar-refractivity contribution in [3.63, 3.8) is 0 Å². The summed E-state index contributed by atoms with van der Waals surface area (Å²) in [5.74, 6) is 0. The molecular weight excluding hydrogens is 364 g/mol. The van der Waals surface area contributed by atoms with Gasteiger partial charge in [-0.3, -0.25) is 0 Å². The van der Waals surface area contributed by atoms with Crippen LogP contribution in [0.15, 0.2) is 64.6 Å². The number of fused-ring (bicyclic) bond motifs is 2. The number of rotatable bonds is 2. The molecule has 0 atom stereocenters. The van der Waals surface area contributed by atoms with Crippen LogP contribution in [0, 0.1) is 6.92 Å². The van der Waals surface area contributed by atoms with Crippen molar-refractivity contribution in [2.24, 2.45) is 0 Å². The van der Waals surface area contributed by atoms with E-state index >= 15 is 0 Å². The third-order valence-electron chi connectivity index (χ3n) is 4.56. The zero-order valence-electron chi connectivity index (χ0n) is 13.9. The van der Waals surface area contributed by atoms with Crippen molar-refractivity contribution in [1.29, 1.82) is 0 Å². The molecule has 0 saturated heterocycles. The van der Waals surface area contributed by atoms with Crippen molar-refractivity contribution in [3.8, 4) is 22.4 Å². The Balaban J connectivity index is 1.67. The molecule has 26 heavy (non-hydrogen) atoms. The fourth-order valence-electron chi connectivity index (χ4n) is 3.22. The molecule has 3 nitrogen and oxygen atoms in total. The van der Waals surface area contributed by atoms with Gasteiger partial charge in [0.2, 0.25) is 0 Å². The van der Waals surface area contributed by atoms with E-state index in [0.29, 0.717) is 0 Å². The second-order valence-electron chi connectivity index (χ2n) is 6.20. The molecule has 3 aromatic heterocycles. The lowest BCUT2D eigenvalue weighted by atomic mass is 10.0. The molecular formula is C21H13ClN2OS. The first-order valence-corrected chi connectivity index (χ1v) is 9.44. The largest absolute Gasteiger partial charge is 0.464 e. The van der Waals surface area contributed by atoms with Crippen LogP contribution in [0.4, 0.5) is 0 Å². The van der Waals surface area contributed by atoms with Crippen molar-refractivity contribution in [2.75, 3.05) is 0 Å². The van der Waals surface area contributed by atoms with E-state index in [2.05, 4.69) is 34.6 Å². The number of nitrogens with zero attached hydrogens (tertiary/aromatic N) is 2. The van der Waals surface area contributed by atoms with E-state index in [0.717, 1.165) is 54.2 Å². The maximum atomic E-state index is 6.36. The van der Waals surface area contributed by atoms with Gasteiger partial charge in [0.15, 0.2) is 0 Å². The molecule has 0 aliphatic heterocycles. The molecule has 0 unspecified atom stereocenters. The highest BCUT2D eigenvalue weighted by molar-refractivity contribution is 7.17. The van der Waals surface area contributed by atoms with Crippen molar-refractivity contribution >= 4 is 44.1 Å². The van der Waals surface area contributed by atoms with Crippen molar-refractivity contribution in [1.82, 2.24) is 10.2 Å². The molecule has 2 aromatic carbocycles. The summed E-state index contributed by atoms with van der Waals surface area (Å²) in [6, 6.07) is 16.0. The van der Waals surface area contributed by atoms with Gasteiger partial charge in [-0.15, -0.1) is 21.5 Å². The Labute approximate surface area is 158 Å². The Bertz CT molecular complexity index is 1270. The van der Waals surface area contributed by atoms with Crippen LogP contribution < -0.4 is 0 Å². The van der Waals surface area contributed by atoms with Gasteiger partial charge in [-0.05, 0) is 42.8 Å². The number of halogens is 1. The lowest BCUT2D eigenvalue weighted by Crippen LogP contribution is -1.91. The predicted octanol–water partition coefficient (Wildman–Crippen LogP) is 6.73. The van der Waals surface area contributed by atoms with Crippen molar-refractivity contribution in [2.45, 2.75) is 6.92 Å². The molecule has 0 amide bonds. The van der Waals surface area contributed by atoms with E-state index in [1.807, 2.05) is 36.4 Å². The maximum Gasteiger partial charge on any atom is 0.134 e. The van der Waals surface area contributed by atoms with E-state index in [4.69, 9.17) is 16.0 Å². The summed E-state index contributed by atoms with van der Waals surface area (Å²) in [6.07, 6.45) is 1.71. The fraction of sp³-hybridized carbons (Fsp3) is 0.0476. The second kappa shape index (κ2) is 5.94. The molecule has 5 heteroatoms. The molecule has 0 bridgehead atoms. The summed E-state index contributed by atoms with van der Waals surface area (Å²) in [7, 11) is 0. The Morgan fingerprint density at radius 3 is 2.73 bits per heavy atom. The van der Waals surface area contributed by atoms with Crippen LogP contribution in [-0.2, 0) is 0 Å². The highest BCUT2D eigenvalue weighted by Gasteiger charge is 2.14. The highest BCUT2D eigenvalue weighted by atomic mass is 35.5. The minimum Gasteiger partial charge on any atom is -0.464 e. The van der Waals surface area contributed by atoms with Crippen LogP contribution in [0.3, 0.4) is 0 Å². The highest BCUT2D eigenvalue weighted by Crippen LogP contribution is 2.37. The first-order valence-electron chi connectivity index (χ1n) is 8.19. The normalized spacial score (nSPS) is 11.5. The molecule has 0 N–H and O–H groups in total. The maximum absolute atomic E-state index is 6.36. The van der Waals surface area contributed by atoms with Crippen LogP contribution in [0.1, 0.15) is 5.56 Å². The number of aromatic nitrogens is 2. The van der Waals surface area contributed by atoms with E-state index in [9.17, 15) is 0 Å². The van der Waals surface area contributed by atoms with Crippen LogP contribution in [0.5, 0.6) is 0 Å². The number of aryl methyl sites for hydroxylation is 1. The minimum atomic E-state index is 0.722. The van der Waals surface area contributed by atoms with E-state index < -0.39 is 0 Å². The van der Waals surface area contributed by atoms with Crippen molar-refractivity contribution < 1.29 is 4.42 Å². The molecule has 5 aromatic rings. The molecule has 0 saturated carbocycles. The average Bonchev–Trinajstić information content (AvgIpc) is 3.27. The summed E-state index contributed by atoms with van der Waals surface area (Å²) >= 11 is 8.01. The quantitative estimate of drug-likeness (QED) is 0.342. The molecule has 5 rings (SSSR count). The third kappa shape index (κ3) is 2.42. The van der Waals surface area contributed by atoms with Gasteiger partial charge >= 0.3 is 0 Å². The monoisotopic (exact) mass is 376 g/mol. The van der Waals surface area contributed by atoms with Gasteiger partial charge in [-0.2, -0.15) is 0 Å². The number of hydrogen-bond donors (Lipinski definition) is 0. The van der Waals surface area contributed by atoms with E-state index in [1.54, 1.807) is 17.6 Å². The smallest absolute Gasteiger partial charge is 0.134 e. The van der Waals surface area contributed by atoms with Gasteiger partial charge in [0.25, 0.3) is 0 Å². The Hall–Kier alpha value is -2.69. The second-order valence-corrected chi connectivity index (χ2v) is 7.52. The summed E-state index contributed by atoms with van der Waals surface area (Å²) in [6.45, 7) is 2.06. The zero-order valence-corrected chi connectivity index (χ0v) is 15.4. The number of thiophene rings is 1. The minimum absolute atomic E-state index is 0.722. The molecule has 3 heterocycles. The molecule has 0 spiro atoms. The Kier molecular flexibility index (Phi) is 3.55. The van der Waals surface area contributed by atoms with Gasteiger partial charge in [0, 0.05) is 32.5 Å². The van der Waals surface area contributed by atoms with Crippen molar-refractivity contribution in [3.05, 3.63) is 70.8 Å². The summed E-state index contributed by atoms with van der Waals surface area (Å²) < 4.78 is 6.57. The first kappa shape index (κ1) is 15.6.